The monoisotopic (exact) mass is 317 g/mol. The Morgan fingerprint density at radius 3 is 2.65 bits per heavy atom. The maximum atomic E-state index is 12.6. The number of nitrogens with zero attached hydrogens (tertiary/aromatic N) is 1. The lowest BCUT2D eigenvalue weighted by Gasteiger charge is -2.23. The molecule has 0 radical (unpaired) electrons. The number of ether oxygens (including phenoxy) is 2. The molecule has 1 aliphatic rings. The van der Waals surface area contributed by atoms with Gasteiger partial charge in [-0.25, -0.2) is 0 Å². The van der Waals surface area contributed by atoms with Crippen molar-refractivity contribution in [2.45, 2.75) is 25.0 Å². The normalized spacial score (nSPS) is 20.1. The second-order valence-electron chi connectivity index (χ2n) is 5.32. The van der Waals surface area contributed by atoms with Gasteiger partial charge in [-0.05, 0) is 30.7 Å². The van der Waals surface area contributed by atoms with Gasteiger partial charge in [0.2, 0.25) is 0 Å². The highest BCUT2D eigenvalue weighted by atomic mass is 16.5. The summed E-state index contributed by atoms with van der Waals surface area (Å²) >= 11 is 0. The van der Waals surface area contributed by atoms with Gasteiger partial charge >= 0.3 is 5.97 Å². The summed E-state index contributed by atoms with van der Waals surface area (Å²) in [7, 11) is 1.56. The molecule has 0 bridgehead atoms. The average Bonchev–Trinajstić information content (AvgIpc) is 2.95. The zero-order chi connectivity index (χ0) is 16.8. The molecule has 1 aromatic carbocycles. The Morgan fingerprint density at radius 1 is 1.39 bits per heavy atom. The van der Waals surface area contributed by atoms with Crippen LogP contribution in [0.15, 0.2) is 24.3 Å². The molecule has 2 rings (SSSR count). The van der Waals surface area contributed by atoms with Gasteiger partial charge in [0.05, 0.1) is 12.5 Å². The molecule has 6 nitrogen and oxygen atoms in total. The van der Waals surface area contributed by atoms with Crippen molar-refractivity contribution in [3.05, 3.63) is 29.8 Å². The lowest BCUT2D eigenvalue weighted by atomic mass is 10.1. The highest BCUT2D eigenvalue weighted by Crippen LogP contribution is 2.25. The van der Waals surface area contributed by atoms with Crippen molar-refractivity contribution >= 4 is 11.9 Å². The lowest BCUT2D eigenvalue weighted by Crippen LogP contribution is -2.37. The molecule has 0 saturated carbocycles. The van der Waals surface area contributed by atoms with E-state index in [4.69, 9.17) is 21.0 Å². The summed E-state index contributed by atoms with van der Waals surface area (Å²) in [5.41, 5.74) is 0.477. The van der Waals surface area contributed by atoms with E-state index in [2.05, 4.69) is 5.92 Å². The van der Waals surface area contributed by atoms with Crippen LogP contribution in [0.3, 0.4) is 0 Å². The van der Waals surface area contributed by atoms with Crippen LogP contribution in [0.2, 0.25) is 0 Å². The molecule has 1 aliphatic heterocycles. The number of carboxylic acids is 1. The van der Waals surface area contributed by atoms with E-state index in [1.165, 1.54) is 0 Å². The van der Waals surface area contributed by atoms with Crippen molar-refractivity contribution in [2.75, 3.05) is 20.3 Å². The molecule has 23 heavy (non-hydrogen) atoms. The molecule has 0 aliphatic carbocycles. The third-order valence-corrected chi connectivity index (χ3v) is 3.80. The van der Waals surface area contributed by atoms with E-state index in [0.717, 1.165) is 0 Å². The molecule has 1 amide bonds. The molecule has 2 atom stereocenters. The van der Waals surface area contributed by atoms with E-state index in [1.807, 2.05) is 0 Å². The van der Waals surface area contributed by atoms with Gasteiger partial charge in [-0.3, -0.25) is 9.59 Å². The van der Waals surface area contributed by atoms with E-state index in [0.29, 0.717) is 24.3 Å². The van der Waals surface area contributed by atoms with Crippen LogP contribution in [0.4, 0.5) is 0 Å². The zero-order valence-electron chi connectivity index (χ0n) is 12.9. The Labute approximate surface area is 135 Å². The van der Waals surface area contributed by atoms with Crippen LogP contribution in [0, 0.1) is 12.3 Å². The van der Waals surface area contributed by atoms with Crippen molar-refractivity contribution in [2.24, 2.45) is 0 Å². The van der Waals surface area contributed by atoms with Crippen molar-refractivity contribution in [1.29, 1.82) is 0 Å². The van der Waals surface area contributed by atoms with Crippen molar-refractivity contribution in [3.8, 4) is 18.1 Å². The maximum Gasteiger partial charge on any atom is 0.305 e. The Morgan fingerprint density at radius 2 is 2.09 bits per heavy atom. The fraction of sp³-hybridized carbons (Fsp3) is 0.412. The molecule has 1 heterocycles. The van der Waals surface area contributed by atoms with E-state index >= 15 is 0 Å². The molecule has 1 saturated heterocycles. The molecular formula is C17H19NO5. The number of methoxy groups -OCH3 is 1. The van der Waals surface area contributed by atoms with Gasteiger partial charge in [-0.15, -0.1) is 6.42 Å². The summed E-state index contributed by atoms with van der Waals surface area (Å²) in [6.07, 6.45) is 5.42. The van der Waals surface area contributed by atoms with E-state index in [9.17, 15) is 9.59 Å². The Balaban J connectivity index is 2.10. The molecule has 1 aromatic rings. The number of carbonyl (C=O) groups excluding carboxylic acids is 1. The van der Waals surface area contributed by atoms with Crippen LogP contribution >= 0.6 is 0 Å². The van der Waals surface area contributed by atoms with E-state index in [1.54, 1.807) is 36.3 Å². The second kappa shape index (κ2) is 7.65. The van der Waals surface area contributed by atoms with Crippen molar-refractivity contribution in [1.82, 2.24) is 4.90 Å². The summed E-state index contributed by atoms with van der Waals surface area (Å²) in [6.45, 7) is 0.554. The highest BCUT2D eigenvalue weighted by Gasteiger charge is 2.36. The van der Waals surface area contributed by atoms with Gasteiger partial charge in [0.1, 0.15) is 12.4 Å². The average molecular weight is 317 g/mol. The fourth-order valence-corrected chi connectivity index (χ4v) is 2.67. The number of likely N-dealkylation sites (tertiary alicyclic amines) is 1. The first kappa shape index (κ1) is 16.8. The van der Waals surface area contributed by atoms with Gasteiger partial charge in [0.15, 0.2) is 0 Å². The minimum absolute atomic E-state index is 0.0883. The lowest BCUT2D eigenvalue weighted by molar-refractivity contribution is -0.137. The van der Waals surface area contributed by atoms with Crippen LogP contribution in [-0.2, 0) is 9.53 Å². The van der Waals surface area contributed by atoms with Gasteiger partial charge in [0.25, 0.3) is 5.91 Å². The Kier molecular flexibility index (Phi) is 5.61. The van der Waals surface area contributed by atoms with Gasteiger partial charge in [0, 0.05) is 25.3 Å². The number of carboxylic acid groups (broad SMARTS) is 1. The standard InChI is InChI=1S/C17H19NO5/c1-3-8-23-14-6-4-12(5-7-14)17(21)18-11-15(22-2)9-13(18)10-16(19)20/h1,4-7,13,15H,8-11H2,2H3,(H,19,20). The first-order chi connectivity index (χ1) is 11.0. The summed E-state index contributed by atoms with van der Waals surface area (Å²) < 4.78 is 10.5. The number of terminal acetylenes is 1. The summed E-state index contributed by atoms with van der Waals surface area (Å²) in [4.78, 5) is 25.2. The maximum absolute atomic E-state index is 12.6. The largest absolute Gasteiger partial charge is 0.481 e. The van der Waals surface area contributed by atoms with Crippen LogP contribution < -0.4 is 4.74 Å². The third kappa shape index (κ3) is 4.24. The van der Waals surface area contributed by atoms with Gasteiger partial charge < -0.3 is 19.5 Å². The Hall–Kier alpha value is -2.52. The van der Waals surface area contributed by atoms with Crippen LogP contribution in [0.5, 0.6) is 5.75 Å². The molecule has 2 unspecified atom stereocenters. The van der Waals surface area contributed by atoms with Crippen LogP contribution in [0.1, 0.15) is 23.2 Å². The molecule has 0 aromatic heterocycles. The molecule has 1 fully saturated rings. The first-order valence-electron chi connectivity index (χ1n) is 7.27. The first-order valence-corrected chi connectivity index (χ1v) is 7.27. The van der Waals surface area contributed by atoms with E-state index < -0.39 is 5.97 Å². The van der Waals surface area contributed by atoms with Crippen LogP contribution in [0.25, 0.3) is 0 Å². The summed E-state index contributed by atoms with van der Waals surface area (Å²) in [5, 5.41) is 9.01. The SMILES string of the molecule is C#CCOc1ccc(C(=O)N2CC(OC)CC2CC(=O)O)cc1. The molecule has 122 valence electrons. The number of carbonyl (C=O) groups is 2. The molecule has 0 spiro atoms. The highest BCUT2D eigenvalue weighted by molar-refractivity contribution is 5.95. The minimum Gasteiger partial charge on any atom is -0.481 e. The smallest absolute Gasteiger partial charge is 0.305 e. The molecule has 6 heteroatoms. The predicted octanol–water partition coefficient (Wildman–Crippen LogP) is 1.40. The second-order valence-corrected chi connectivity index (χ2v) is 5.32. The number of hydrogen-bond acceptors (Lipinski definition) is 4. The number of rotatable bonds is 6. The van der Waals surface area contributed by atoms with E-state index in [-0.39, 0.29) is 31.1 Å². The van der Waals surface area contributed by atoms with Crippen LogP contribution in [-0.4, -0.2) is 54.3 Å². The van der Waals surface area contributed by atoms with Crippen molar-refractivity contribution in [3.63, 3.8) is 0 Å². The number of amides is 1. The summed E-state index contributed by atoms with van der Waals surface area (Å²) in [5.74, 6) is 1.81. The zero-order valence-corrected chi connectivity index (χ0v) is 12.9. The van der Waals surface area contributed by atoms with Gasteiger partial charge in [-0.1, -0.05) is 5.92 Å². The number of benzene rings is 1. The molecular weight excluding hydrogens is 298 g/mol. The topological polar surface area (TPSA) is 76.1 Å². The number of hydrogen-bond donors (Lipinski definition) is 1. The quantitative estimate of drug-likeness (QED) is 0.803. The summed E-state index contributed by atoms with van der Waals surface area (Å²) in [6, 6.07) is 6.27. The number of aliphatic carboxylic acids is 1. The third-order valence-electron chi connectivity index (χ3n) is 3.80. The molecule has 1 N–H and O–H groups in total. The fourth-order valence-electron chi connectivity index (χ4n) is 2.67. The minimum atomic E-state index is -0.928. The predicted molar refractivity (Wildman–Crippen MR) is 83.3 cm³/mol. The van der Waals surface area contributed by atoms with Gasteiger partial charge in [-0.2, -0.15) is 0 Å². The van der Waals surface area contributed by atoms with Crippen molar-refractivity contribution < 1.29 is 24.2 Å². The Bertz CT molecular complexity index is 604.